The molecule has 62 valence electrons. The highest BCUT2D eigenvalue weighted by Crippen LogP contribution is 1.97. The van der Waals surface area contributed by atoms with Crippen molar-refractivity contribution in [3.8, 4) is 0 Å². The fourth-order valence-electron chi connectivity index (χ4n) is 0.538. The Labute approximate surface area is 65.6 Å². The van der Waals surface area contributed by atoms with Crippen LogP contribution in [0.1, 0.15) is 27.2 Å². The Kier molecular flexibility index (Phi) is 4.91. The lowest BCUT2D eigenvalue weighted by Crippen LogP contribution is -2.20. The van der Waals surface area contributed by atoms with E-state index in [0.717, 1.165) is 12.2 Å². The van der Waals surface area contributed by atoms with Gasteiger partial charge in [0.05, 0.1) is 0 Å². The topological polar surface area (TPSA) is 43.1 Å². The van der Waals surface area contributed by atoms with Gasteiger partial charge in [-0.05, 0) is 13.3 Å². The standard InChI is InChI=1S/C7H17NOS/c1-6(2)10(9)5-4-7(3)8/h6-7H,4-5,8H2,1-3H3. The Balaban J connectivity index is 3.40. The van der Waals surface area contributed by atoms with Crippen molar-refractivity contribution in [3.63, 3.8) is 0 Å². The SMILES string of the molecule is CC(N)CCS(=O)C(C)C. The third-order valence-electron chi connectivity index (χ3n) is 1.30. The van der Waals surface area contributed by atoms with E-state index in [1.165, 1.54) is 0 Å². The molecule has 3 heteroatoms. The molecule has 0 fully saturated rings. The lowest BCUT2D eigenvalue weighted by molar-refractivity contribution is 0.662. The lowest BCUT2D eigenvalue weighted by atomic mass is 10.3. The van der Waals surface area contributed by atoms with E-state index < -0.39 is 10.8 Å². The van der Waals surface area contributed by atoms with Crippen molar-refractivity contribution < 1.29 is 4.21 Å². The van der Waals surface area contributed by atoms with E-state index in [9.17, 15) is 4.21 Å². The highest BCUT2D eigenvalue weighted by molar-refractivity contribution is 7.85. The molecule has 2 unspecified atom stereocenters. The van der Waals surface area contributed by atoms with Crippen molar-refractivity contribution in [1.29, 1.82) is 0 Å². The molecule has 0 bridgehead atoms. The summed E-state index contributed by atoms with van der Waals surface area (Å²) in [6.07, 6.45) is 0.866. The maximum Gasteiger partial charge on any atom is 0.0291 e. The van der Waals surface area contributed by atoms with Crippen molar-refractivity contribution in [2.24, 2.45) is 5.73 Å². The number of hydrogen-bond acceptors (Lipinski definition) is 2. The lowest BCUT2D eigenvalue weighted by Gasteiger charge is -2.06. The maximum atomic E-state index is 11.1. The minimum Gasteiger partial charge on any atom is -0.328 e. The number of hydrogen-bond donors (Lipinski definition) is 1. The molecule has 2 nitrogen and oxygen atoms in total. The summed E-state index contributed by atoms with van der Waals surface area (Å²) in [4.78, 5) is 0. The molecule has 2 atom stereocenters. The maximum absolute atomic E-state index is 11.1. The monoisotopic (exact) mass is 163 g/mol. The van der Waals surface area contributed by atoms with Crippen LogP contribution in [0.3, 0.4) is 0 Å². The molecule has 0 saturated heterocycles. The predicted octanol–water partition coefficient (Wildman–Crippen LogP) is 0.881. The normalized spacial score (nSPS) is 17.3. The first kappa shape index (κ1) is 10.1. The van der Waals surface area contributed by atoms with Crippen LogP contribution in [0.15, 0.2) is 0 Å². The molecule has 0 heterocycles. The highest BCUT2D eigenvalue weighted by atomic mass is 32.2. The molecular weight excluding hydrogens is 146 g/mol. The van der Waals surface area contributed by atoms with Gasteiger partial charge in [0.25, 0.3) is 0 Å². The van der Waals surface area contributed by atoms with Crippen LogP contribution in [0.5, 0.6) is 0 Å². The van der Waals surface area contributed by atoms with Crippen molar-refractivity contribution in [1.82, 2.24) is 0 Å². The van der Waals surface area contributed by atoms with Gasteiger partial charge in [-0.1, -0.05) is 13.8 Å². The summed E-state index contributed by atoms with van der Waals surface area (Å²) < 4.78 is 11.1. The van der Waals surface area contributed by atoms with Crippen LogP contribution in [0.2, 0.25) is 0 Å². The van der Waals surface area contributed by atoms with Crippen LogP contribution >= 0.6 is 0 Å². The molecule has 0 aromatic carbocycles. The molecule has 10 heavy (non-hydrogen) atoms. The van der Waals surface area contributed by atoms with E-state index in [-0.39, 0.29) is 11.3 Å². The zero-order chi connectivity index (χ0) is 8.15. The molecule has 0 rings (SSSR count). The van der Waals surface area contributed by atoms with Gasteiger partial charge in [-0.3, -0.25) is 4.21 Å². The van der Waals surface area contributed by atoms with E-state index in [1.54, 1.807) is 0 Å². The Hall–Kier alpha value is 0.110. The second kappa shape index (κ2) is 4.85. The summed E-state index contributed by atoms with van der Waals surface area (Å²) in [5.74, 6) is 0.745. The first-order chi connectivity index (χ1) is 4.54. The largest absolute Gasteiger partial charge is 0.328 e. The number of rotatable bonds is 4. The van der Waals surface area contributed by atoms with E-state index in [2.05, 4.69) is 0 Å². The van der Waals surface area contributed by atoms with E-state index in [0.29, 0.717) is 0 Å². The van der Waals surface area contributed by atoms with Gasteiger partial charge >= 0.3 is 0 Å². The molecule has 0 saturated carbocycles. The smallest absolute Gasteiger partial charge is 0.0291 e. The Morgan fingerprint density at radius 2 is 1.90 bits per heavy atom. The van der Waals surface area contributed by atoms with Gasteiger partial charge in [0, 0.05) is 27.8 Å². The van der Waals surface area contributed by atoms with Crippen molar-refractivity contribution >= 4 is 10.8 Å². The summed E-state index contributed by atoms with van der Waals surface area (Å²) >= 11 is 0. The molecule has 0 aliphatic carbocycles. The predicted molar refractivity (Wildman–Crippen MR) is 46.4 cm³/mol. The third kappa shape index (κ3) is 4.94. The molecule has 0 radical (unpaired) electrons. The fourth-order valence-corrected chi connectivity index (χ4v) is 1.61. The van der Waals surface area contributed by atoms with E-state index in [4.69, 9.17) is 5.73 Å². The summed E-state index contributed by atoms with van der Waals surface area (Å²) in [6.45, 7) is 5.88. The minimum absolute atomic E-state index is 0.183. The van der Waals surface area contributed by atoms with Crippen molar-refractivity contribution in [2.75, 3.05) is 5.75 Å². The molecule has 2 N–H and O–H groups in total. The second-order valence-corrected chi connectivity index (χ2v) is 5.01. The quantitative estimate of drug-likeness (QED) is 0.668. The summed E-state index contributed by atoms with van der Waals surface area (Å²) in [7, 11) is -0.672. The molecule has 0 aromatic rings. The molecule has 0 amide bonds. The van der Waals surface area contributed by atoms with Crippen LogP contribution in [0.25, 0.3) is 0 Å². The molecular formula is C7H17NOS. The number of nitrogens with two attached hydrogens (primary N) is 1. The average molecular weight is 163 g/mol. The van der Waals surface area contributed by atoms with Gasteiger partial charge in [0.1, 0.15) is 0 Å². The molecule has 0 spiro atoms. The van der Waals surface area contributed by atoms with Gasteiger partial charge in [-0.2, -0.15) is 0 Å². The second-order valence-electron chi connectivity index (χ2n) is 2.90. The van der Waals surface area contributed by atoms with Gasteiger partial charge in [0.2, 0.25) is 0 Å². The van der Waals surface area contributed by atoms with Crippen LogP contribution in [0, 0.1) is 0 Å². The molecule has 0 aromatic heterocycles. The van der Waals surface area contributed by atoms with Crippen LogP contribution in [-0.2, 0) is 10.8 Å². The van der Waals surface area contributed by atoms with Gasteiger partial charge < -0.3 is 5.73 Å². The average Bonchev–Trinajstić information content (AvgIpc) is 1.82. The van der Waals surface area contributed by atoms with Gasteiger partial charge in [-0.15, -0.1) is 0 Å². The Morgan fingerprint density at radius 1 is 1.40 bits per heavy atom. The van der Waals surface area contributed by atoms with E-state index >= 15 is 0 Å². The zero-order valence-corrected chi connectivity index (χ0v) is 7.78. The van der Waals surface area contributed by atoms with Crippen molar-refractivity contribution in [3.05, 3.63) is 0 Å². The Morgan fingerprint density at radius 3 is 2.20 bits per heavy atom. The molecule has 0 aliphatic heterocycles. The highest BCUT2D eigenvalue weighted by Gasteiger charge is 2.05. The Bertz CT molecular complexity index is 112. The minimum atomic E-state index is -0.672. The summed E-state index contributed by atoms with van der Waals surface area (Å²) in [5.41, 5.74) is 5.51. The van der Waals surface area contributed by atoms with Crippen LogP contribution in [0.4, 0.5) is 0 Å². The van der Waals surface area contributed by atoms with Crippen LogP contribution in [-0.4, -0.2) is 21.3 Å². The first-order valence-electron chi connectivity index (χ1n) is 3.66. The zero-order valence-electron chi connectivity index (χ0n) is 6.96. The van der Waals surface area contributed by atoms with Crippen LogP contribution < -0.4 is 5.73 Å². The summed E-state index contributed by atoms with van der Waals surface area (Å²) in [6, 6.07) is 0.183. The first-order valence-corrected chi connectivity index (χ1v) is 5.05. The molecule has 0 aliphatic rings. The van der Waals surface area contributed by atoms with Gasteiger partial charge in [0.15, 0.2) is 0 Å². The third-order valence-corrected chi connectivity index (χ3v) is 2.99. The van der Waals surface area contributed by atoms with Crippen molar-refractivity contribution in [2.45, 2.75) is 38.5 Å². The van der Waals surface area contributed by atoms with E-state index in [1.807, 2.05) is 20.8 Å². The van der Waals surface area contributed by atoms with Gasteiger partial charge in [-0.25, -0.2) is 0 Å². The summed E-state index contributed by atoms with van der Waals surface area (Å²) in [5, 5.41) is 0.277. The fraction of sp³-hybridized carbons (Fsp3) is 1.00.